The molecule has 1 atom stereocenters. The number of carbonyl (C=O) groups is 1. The third-order valence-electron chi connectivity index (χ3n) is 4.00. The first-order valence-electron chi connectivity index (χ1n) is 7.04. The molecule has 23 heavy (non-hydrogen) atoms. The van der Waals surface area contributed by atoms with Crippen LogP contribution in [0.4, 0.5) is 4.79 Å². The molecule has 1 aromatic heterocycles. The molecule has 0 saturated carbocycles. The van der Waals surface area contributed by atoms with Crippen LogP contribution in [0.3, 0.4) is 0 Å². The summed E-state index contributed by atoms with van der Waals surface area (Å²) < 4.78 is 17.3. The number of ether oxygens (including phenoxy) is 2. The van der Waals surface area contributed by atoms with Gasteiger partial charge in [-0.3, -0.25) is 4.90 Å². The van der Waals surface area contributed by atoms with E-state index in [2.05, 4.69) is 22.6 Å². The molecule has 1 aliphatic rings. The van der Waals surface area contributed by atoms with Crippen molar-refractivity contribution in [1.82, 2.24) is 4.90 Å². The molecule has 1 N–H and O–H groups in total. The molecule has 1 aliphatic heterocycles. The van der Waals surface area contributed by atoms with Crippen molar-refractivity contribution in [3.63, 3.8) is 0 Å². The zero-order valence-electron chi connectivity index (χ0n) is 12.7. The minimum Gasteiger partial charge on any atom is -0.497 e. The number of hydrogen-bond donors (Lipinski definition) is 1. The summed E-state index contributed by atoms with van der Waals surface area (Å²) in [6, 6.07) is 4.99. The lowest BCUT2D eigenvalue weighted by Gasteiger charge is -2.35. The number of halogens is 1. The zero-order chi connectivity index (χ0) is 16.6. The molecule has 7 heteroatoms. The highest BCUT2D eigenvalue weighted by Crippen LogP contribution is 2.44. The topological polar surface area (TPSA) is 72.1 Å². The number of rotatable bonds is 3. The average molecular weight is 429 g/mol. The van der Waals surface area contributed by atoms with Gasteiger partial charge < -0.3 is 19.0 Å². The maximum Gasteiger partial charge on any atom is 0.408 e. The predicted molar refractivity (Wildman–Crippen MR) is 91.2 cm³/mol. The second-order valence-corrected chi connectivity index (χ2v) is 6.33. The molecule has 0 spiro atoms. The Morgan fingerprint density at radius 3 is 2.74 bits per heavy atom. The highest BCUT2D eigenvalue weighted by molar-refractivity contribution is 14.1. The molecule has 0 fully saturated rings. The van der Waals surface area contributed by atoms with Crippen molar-refractivity contribution in [3.05, 3.63) is 44.9 Å². The van der Waals surface area contributed by atoms with Gasteiger partial charge in [-0.2, -0.15) is 0 Å². The van der Waals surface area contributed by atoms with Gasteiger partial charge in [-0.25, -0.2) is 4.79 Å². The Hall–Kier alpha value is -1.90. The van der Waals surface area contributed by atoms with E-state index in [1.807, 2.05) is 12.1 Å². The molecule has 0 aliphatic carbocycles. The van der Waals surface area contributed by atoms with Gasteiger partial charge in [0.25, 0.3) is 0 Å². The average Bonchev–Trinajstić information content (AvgIpc) is 2.98. The summed E-state index contributed by atoms with van der Waals surface area (Å²) in [6.45, 7) is 0.389. The van der Waals surface area contributed by atoms with Crippen LogP contribution in [0.1, 0.15) is 22.9 Å². The van der Waals surface area contributed by atoms with Crippen LogP contribution in [0.5, 0.6) is 11.5 Å². The largest absolute Gasteiger partial charge is 0.497 e. The predicted octanol–water partition coefficient (Wildman–Crippen LogP) is 3.53. The summed E-state index contributed by atoms with van der Waals surface area (Å²) in [6.07, 6.45) is 1.19. The van der Waals surface area contributed by atoms with E-state index in [0.29, 0.717) is 30.2 Å². The summed E-state index contributed by atoms with van der Waals surface area (Å²) in [5.41, 5.74) is 1.82. The third kappa shape index (κ3) is 2.73. The first-order chi connectivity index (χ1) is 11.1. The fourth-order valence-corrected chi connectivity index (χ4v) is 3.53. The molecular weight excluding hydrogens is 413 g/mol. The van der Waals surface area contributed by atoms with Crippen LogP contribution >= 0.6 is 22.6 Å². The Balaban J connectivity index is 2.23. The van der Waals surface area contributed by atoms with Gasteiger partial charge in [-0.05, 0) is 46.7 Å². The number of fused-ring (bicyclic) bond motifs is 1. The molecular formula is C16H16INO5. The monoisotopic (exact) mass is 429 g/mol. The normalized spacial score (nSPS) is 16.8. The quantitative estimate of drug-likeness (QED) is 0.757. The lowest BCUT2D eigenvalue weighted by Crippen LogP contribution is -2.40. The Morgan fingerprint density at radius 1 is 1.39 bits per heavy atom. The van der Waals surface area contributed by atoms with E-state index in [-0.39, 0.29) is 0 Å². The Kier molecular flexibility index (Phi) is 4.38. The molecule has 2 heterocycles. The molecule has 3 rings (SSSR count). The van der Waals surface area contributed by atoms with Gasteiger partial charge in [0.15, 0.2) is 0 Å². The summed E-state index contributed by atoms with van der Waals surface area (Å²) in [5.74, 6) is 1.90. The maximum absolute atomic E-state index is 11.7. The van der Waals surface area contributed by atoms with Crippen molar-refractivity contribution in [3.8, 4) is 11.5 Å². The van der Waals surface area contributed by atoms with E-state index in [4.69, 9.17) is 13.9 Å². The van der Waals surface area contributed by atoms with E-state index in [0.717, 1.165) is 14.7 Å². The van der Waals surface area contributed by atoms with Gasteiger partial charge in [0, 0.05) is 18.2 Å². The van der Waals surface area contributed by atoms with Crippen LogP contribution in [0, 0.1) is 3.57 Å². The summed E-state index contributed by atoms with van der Waals surface area (Å²) in [5, 5.41) is 9.60. The summed E-state index contributed by atoms with van der Waals surface area (Å²) in [4.78, 5) is 13.1. The standard InChI is InChI=1S/C16H16INO5/c1-21-10-7-9-3-5-18(16(19)20)14(13(9)12(8-10)22-2)15-11(17)4-6-23-15/h4,6-8,14H,3,5H2,1-2H3,(H,19,20). The Bertz CT molecular complexity index is 725. The van der Waals surface area contributed by atoms with Crippen LogP contribution in [0.25, 0.3) is 0 Å². The number of amides is 1. The van der Waals surface area contributed by atoms with Crippen LogP contribution in [-0.2, 0) is 6.42 Å². The molecule has 1 unspecified atom stereocenters. The van der Waals surface area contributed by atoms with Crippen LogP contribution in [0.15, 0.2) is 28.9 Å². The van der Waals surface area contributed by atoms with E-state index >= 15 is 0 Å². The highest BCUT2D eigenvalue weighted by atomic mass is 127. The van der Waals surface area contributed by atoms with Gasteiger partial charge in [0.2, 0.25) is 0 Å². The van der Waals surface area contributed by atoms with E-state index in [1.165, 1.54) is 4.90 Å². The van der Waals surface area contributed by atoms with Crippen molar-refractivity contribution >= 4 is 28.7 Å². The molecule has 0 bridgehead atoms. The van der Waals surface area contributed by atoms with Crippen molar-refractivity contribution in [2.75, 3.05) is 20.8 Å². The van der Waals surface area contributed by atoms with Crippen LogP contribution < -0.4 is 9.47 Å². The van der Waals surface area contributed by atoms with E-state index in [9.17, 15) is 9.90 Å². The third-order valence-corrected chi connectivity index (χ3v) is 4.89. The first kappa shape index (κ1) is 16.0. The van der Waals surface area contributed by atoms with Gasteiger partial charge in [0.05, 0.1) is 24.1 Å². The molecule has 0 saturated heterocycles. The minimum atomic E-state index is -0.981. The summed E-state index contributed by atoms with van der Waals surface area (Å²) in [7, 11) is 3.17. The number of methoxy groups -OCH3 is 2. The smallest absolute Gasteiger partial charge is 0.408 e. The number of benzene rings is 1. The van der Waals surface area contributed by atoms with E-state index < -0.39 is 12.1 Å². The van der Waals surface area contributed by atoms with Gasteiger partial charge in [-0.15, -0.1) is 0 Å². The number of hydrogen-bond acceptors (Lipinski definition) is 4. The minimum absolute atomic E-state index is 0.389. The molecule has 1 aromatic carbocycles. The SMILES string of the molecule is COc1cc2c(c(OC)c1)C(c1occc1I)N(C(=O)O)CC2. The molecule has 0 radical (unpaired) electrons. The second kappa shape index (κ2) is 6.31. The molecule has 6 nitrogen and oxygen atoms in total. The van der Waals surface area contributed by atoms with E-state index in [1.54, 1.807) is 26.5 Å². The van der Waals surface area contributed by atoms with Gasteiger partial charge in [0.1, 0.15) is 23.3 Å². The zero-order valence-corrected chi connectivity index (χ0v) is 14.9. The molecule has 122 valence electrons. The van der Waals surface area contributed by atoms with Gasteiger partial charge in [-0.1, -0.05) is 0 Å². The van der Waals surface area contributed by atoms with Crippen molar-refractivity contribution < 1.29 is 23.8 Å². The lowest BCUT2D eigenvalue weighted by molar-refractivity contribution is 0.122. The molecule has 2 aromatic rings. The van der Waals surface area contributed by atoms with Crippen LogP contribution in [0.2, 0.25) is 0 Å². The van der Waals surface area contributed by atoms with Crippen LogP contribution in [-0.4, -0.2) is 36.9 Å². The summed E-state index contributed by atoms with van der Waals surface area (Å²) >= 11 is 2.15. The van der Waals surface area contributed by atoms with Gasteiger partial charge >= 0.3 is 6.09 Å². The lowest BCUT2D eigenvalue weighted by atomic mass is 9.90. The Morgan fingerprint density at radius 2 is 2.17 bits per heavy atom. The number of furan rings is 1. The fraction of sp³-hybridized carbons (Fsp3) is 0.312. The fourth-order valence-electron chi connectivity index (χ4n) is 2.97. The number of carboxylic acid groups (broad SMARTS) is 1. The van der Waals surface area contributed by atoms with Crippen molar-refractivity contribution in [2.24, 2.45) is 0 Å². The van der Waals surface area contributed by atoms with Crippen molar-refractivity contribution in [1.29, 1.82) is 0 Å². The second-order valence-electron chi connectivity index (χ2n) is 5.16. The maximum atomic E-state index is 11.7. The molecule has 1 amide bonds. The van der Waals surface area contributed by atoms with Crippen molar-refractivity contribution in [2.45, 2.75) is 12.5 Å². The first-order valence-corrected chi connectivity index (χ1v) is 8.12. The Labute approximate surface area is 147 Å². The highest BCUT2D eigenvalue weighted by Gasteiger charge is 2.37. The number of nitrogens with zero attached hydrogens (tertiary/aromatic N) is 1.